The molecule has 29 heavy (non-hydrogen) atoms. The van der Waals surface area contributed by atoms with Crippen LogP contribution in [-0.2, 0) is 11.3 Å². The molecule has 1 saturated heterocycles. The third-order valence-electron chi connectivity index (χ3n) is 5.39. The summed E-state index contributed by atoms with van der Waals surface area (Å²) in [7, 11) is 2.13. The van der Waals surface area contributed by atoms with Crippen molar-refractivity contribution < 1.29 is 14.3 Å². The van der Waals surface area contributed by atoms with E-state index in [-0.39, 0.29) is 24.2 Å². The van der Waals surface area contributed by atoms with E-state index in [0.29, 0.717) is 17.8 Å². The van der Waals surface area contributed by atoms with Crippen LogP contribution in [0.4, 0.5) is 5.69 Å². The maximum absolute atomic E-state index is 12.3. The van der Waals surface area contributed by atoms with Gasteiger partial charge in [-0.05, 0) is 64.9 Å². The molecule has 7 nitrogen and oxygen atoms in total. The van der Waals surface area contributed by atoms with Gasteiger partial charge in [0.2, 0.25) is 5.91 Å². The molecule has 2 heterocycles. The van der Waals surface area contributed by atoms with Crippen molar-refractivity contribution in [2.45, 2.75) is 52.7 Å². The lowest BCUT2D eigenvalue weighted by Crippen LogP contribution is -2.35. The van der Waals surface area contributed by atoms with E-state index in [2.05, 4.69) is 22.4 Å². The molecule has 1 N–H and O–H groups in total. The molecule has 1 aliphatic heterocycles. The second kappa shape index (κ2) is 9.22. The number of nitrogens with one attached hydrogen (secondary N) is 1. The van der Waals surface area contributed by atoms with E-state index in [1.807, 2.05) is 38.1 Å². The molecule has 1 fully saturated rings. The van der Waals surface area contributed by atoms with Crippen LogP contribution in [0.15, 0.2) is 24.3 Å². The van der Waals surface area contributed by atoms with Crippen molar-refractivity contribution in [1.29, 1.82) is 0 Å². The SMILES string of the molecule is CC(=O)c1c(C)nn(CCC(=O)Nc2ccc(OC3CCN(C)CC3)cc2)c1C. The zero-order valence-corrected chi connectivity index (χ0v) is 17.7. The van der Waals surface area contributed by atoms with Gasteiger partial charge in [0, 0.05) is 37.4 Å². The number of Topliss-reactive ketones (excluding diaryl/α,β-unsaturated/α-hetero) is 1. The maximum Gasteiger partial charge on any atom is 0.226 e. The van der Waals surface area contributed by atoms with Gasteiger partial charge in [-0.25, -0.2) is 0 Å². The van der Waals surface area contributed by atoms with Crippen LogP contribution >= 0.6 is 0 Å². The Morgan fingerprint density at radius 3 is 2.41 bits per heavy atom. The number of carbonyl (C=O) groups excluding carboxylic acids is 2. The quantitative estimate of drug-likeness (QED) is 0.725. The van der Waals surface area contributed by atoms with E-state index in [0.717, 1.165) is 43.1 Å². The second-order valence-electron chi connectivity index (χ2n) is 7.77. The largest absolute Gasteiger partial charge is 0.490 e. The molecule has 3 rings (SSSR count). The van der Waals surface area contributed by atoms with E-state index in [4.69, 9.17) is 4.74 Å². The molecule has 1 aromatic heterocycles. The summed E-state index contributed by atoms with van der Waals surface area (Å²) >= 11 is 0. The number of aryl methyl sites for hydroxylation is 2. The van der Waals surface area contributed by atoms with Crippen LogP contribution in [0.5, 0.6) is 5.75 Å². The zero-order valence-electron chi connectivity index (χ0n) is 17.7. The summed E-state index contributed by atoms with van der Waals surface area (Å²) in [6.07, 6.45) is 2.61. The monoisotopic (exact) mass is 398 g/mol. The number of benzene rings is 1. The van der Waals surface area contributed by atoms with Gasteiger partial charge in [-0.1, -0.05) is 0 Å². The standard InChI is InChI=1S/C22H30N4O3/c1-15-22(17(3)27)16(2)26(24-15)14-11-21(28)23-18-5-7-19(8-6-18)29-20-9-12-25(4)13-10-20/h5-8,20H,9-14H2,1-4H3,(H,23,28). The molecule has 0 saturated carbocycles. The number of hydrogen-bond acceptors (Lipinski definition) is 5. The number of amides is 1. The van der Waals surface area contributed by atoms with E-state index in [1.54, 1.807) is 4.68 Å². The maximum atomic E-state index is 12.3. The lowest BCUT2D eigenvalue weighted by molar-refractivity contribution is -0.116. The fourth-order valence-electron chi connectivity index (χ4n) is 3.77. The van der Waals surface area contributed by atoms with E-state index >= 15 is 0 Å². The molecule has 0 spiro atoms. The number of hydrogen-bond donors (Lipinski definition) is 1. The van der Waals surface area contributed by atoms with Crippen molar-refractivity contribution >= 4 is 17.4 Å². The number of nitrogens with zero attached hydrogens (tertiary/aromatic N) is 3. The number of carbonyl (C=O) groups is 2. The first-order chi connectivity index (χ1) is 13.8. The normalized spacial score (nSPS) is 15.3. The number of likely N-dealkylation sites (tertiary alicyclic amines) is 1. The summed E-state index contributed by atoms with van der Waals surface area (Å²) in [5.41, 5.74) is 2.89. The molecule has 156 valence electrons. The minimum atomic E-state index is -0.0917. The number of aromatic nitrogens is 2. The smallest absolute Gasteiger partial charge is 0.226 e. The minimum Gasteiger partial charge on any atom is -0.490 e. The summed E-state index contributed by atoms with van der Waals surface area (Å²) in [6, 6.07) is 7.51. The van der Waals surface area contributed by atoms with Gasteiger partial charge in [0.25, 0.3) is 0 Å². The predicted octanol–water partition coefficient (Wildman–Crippen LogP) is 3.20. The third kappa shape index (κ3) is 5.44. The number of ether oxygens (including phenoxy) is 1. The summed E-state index contributed by atoms with van der Waals surface area (Å²) in [6.45, 7) is 7.76. The van der Waals surface area contributed by atoms with Gasteiger partial charge in [-0.3, -0.25) is 14.3 Å². The summed E-state index contributed by atoms with van der Waals surface area (Å²) in [4.78, 5) is 26.3. The van der Waals surface area contributed by atoms with Gasteiger partial charge < -0.3 is 15.0 Å². The van der Waals surface area contributed by atoms with Gasteiger partial charge >= 0.3 is 0 Å². The minimum absolute atomic E-state index is 0.00161. The summed E-state index contributed by atoms with van der Waals surface area (Å²) in [5, 5.41) is 7.28. The lowest BCUT2D eigenvalue weighted by atomic mass is 10.1. The Morgan fingerprint density at radius 1 is 1.17 bits per heavy atom. The van der Waals surface area contributed by atoms with Crippen LogP contribution in [0.3, 0.4) is 0 Å². The van der Waals surface area contributed by atoms with E-state index < -0.39 is 0 Å². The van der Waals surface area contributed by atoms with Crippen molar-refractivity contribution in [3.8, 4) is 5.75 Å². The highest BCUT2D eigenvalue weighted by molar-refractivity contribution is 5.96. The Labute approximate surface area is 172 Å². The van der Waals surface area contributed by atoms with Crippen LogP contribution in [0.25, 0.3) is 0 Å². The highest BCUT2D eigenvalue weighted by Crippen LogP contribution is 2.21. The number of rotatable bonds is 7. The zero-order chi connectivity index (χ0) is 21.0. The molecule has 1 aromatic carbocycles. The highest BCUT2D eigenvalue weighted by Gasteiger charge is 2.18. The van der Waals surface area contributed by atoms with Gasteiger partial charge in [-0.15, -0.1) is 0 Å². The predicted molar refractivity (Wildman–Crippen MR) is 113 cm³/mol. The molecule has 0 bridgehead atoms. The lowest BCUT2D eigenvalue weighted by Gasteiger charge is -2.29. The van der Waals surface area contributed by atoms with Crippen molar-refractivity contribution in [3.63, 3.8) is 0 Å². The molecule has 0 radical (unpaired) electrons. The third-order valence-corrected chi connectivity index (χ3v) is 5.39. The Bertz CT molecular complexity index is 865. The average molecular weight is 399 g/mol. The molecule has 1 amide bonds. The van der Waals surface area contributed by atoms with Gasteiger partial charge in [0.15, 0.2) is 5.78 Å². The number of anilines is 1. The van der Waals surface area contributed by atoms with Gasteiger partial charge in [-0.2, -0.15) is 5.10 Å². The summed E-state index contributed by atoms with van der Waals surface area (Å²) in [5.74, 6) is 0.737. The van der Waals surface area contributed by atoms with Crippen LogP contribution in [0.2, 0.25) is 0 Å². The Balaban J connectivity index is 1.49. The molecule has 0 atom stereocenters. The van der Waals surface area contributed by atoms with Crippen LogP contribution in [-0.4, -0.2) is 52.6 Å². The topological polar surface area (TPSA) is 76.5 Å². The number of piperidine rings is 1. The fourth-order valence-corrected chi connectivity index (χ4v) is 3.77. The molecular formula is C22H30N4O3. The van der Waals surface area contributed by atoms with Crippen LogP contribution in [0, 0.1) is 13.8 Å². The molecule has 0 unspecified atom stereocenters. The van der Waals surface area contributed by atoms with Crippen LogP contribution in [0.1, 0.15) is 47.9 Å². The number of ketones is 1. The highest BCUT2D eigenvalue weighted by atomic mass is 16.5. The Hall–Kier alpha value is -2.67. The first kappa shape index (κ1) is 21.0. The van der Waals surface area contributed by atoms with E-state index in [9.17, 15) is 9.59 Å². The van der Waals surface area contributed by atoms with Crippen molar-refractivity contribution in [2.75, 3.05) is 25.5 Å². The van der Waals surface area contributed by atoms with Gasteiger partial charge in [0.1, 0.15) is 11.9 Å². The molecule has 1 aliphatic rings. The first-order valence-corrected chi connectivity index (χ1v) is 10.1. The van der Waals surface area contributed by atoms with Crippen molar-refractivity contribution in [2.24, 2.45) is 0 Å². The molecule has 0 aliphatic carbocycles. The first-order valence-electron chi connectivity index (χ1n) is 10.1. The van der Waals surface area contributed by atoms with Crippen LogP contribution < -0.4 is 10.1 Å². The Kier molecular flexibility index (Phi) is 6.69. The second-order valence-corrected chi connectivity index (χ2v) is 7.77. The molecule has 2 aromatic rings. The Morgan fingerprint density at radius 2 is 1.83 bits per heavy atom. The molecule has 7 heteroatoms. The molecular weight excluding hydrogens is 368 g/mol. The van der Waals surface area contributed by atoms with Gasteiger partial charge in [0.05, 0.1) is 11.3 Å². The van der Waals surface area contributed by atoms with Crippen molar-refractivity contribution in [3.05, 3.63) is 41.2 Å². The van der Waals surface area contributed by atoms with Crippen molar-refractivity contribution in [1.82, 2.24) is 14.7 Å². The average Bonchev–Trinajstić information content (AvgIpc) is 2.97. The van der Waals surface area contributed by atoms with E-state index in [1.165, 1.54) is 6.92 Å². The fraction of sp³-hybridized carbons (Fsp3) is 0.500. The summed E-state index contributed by atoms with van der Waals surface area (Å²) < 4.78 is 7.76.